The highest BCUT2D eigenvalue weighted by Gasteiger charge is 2.39. The summed E-state index contributed by atoms with van der Waals surface area (Å²) in [5.74, 6) is 0. The lowest BCUT2D eigenvalue weighted by molar-refractivity contribution is -0.0813. The Bertz CT molecular complexity index is 249. The molecule has 1 rings (SSSR count). The molecular weight excluding hydrogens is 272 g/mol. The minimum atomic E-state index is -1.02. The van der Waals surface area contributed by atoms with E-state index in [4.69, 9.17) is 9.47 Å². The van der Waals surface area contributed by atoms with Crippen LogP contribution in [0.2, 0.25) is 0 Å². The van der Waals surface area contributed by atoms with E-state index in [0.29, 0.717) is 6.61 Å². The summed E-state index contributed by atoms with van der Waals surface area (Å²) in [6, 6.07) is 0. The Labute approximate surface area is 128 Å². The average molecular weight is 304 g/mol. The van der Waals surface area contributed by atoms with E-state index in [1.54, 1.807) is 0 Å². The number of rotatable bonds is 12. The van der Waals surface area contributed by atoms with Crippen molar-refractivity contribution < 1.29 is 24.8 Å². The van der Waals surface area contributed by atoms with Gasteiger partial charge in [-0.15, -0.1) is 0 Å². The molecule has 0 unspecified atom stereocenters. The van der Waals surface area contributed by atoms with Crippen LogP contribution in [0.25, 0.3) is 0 Å². The van der Waals surface area contributed by atoms with Gasteiger partial charge in [-0.25, -0.2) is 0 Å². The summed E-state index contributed by atoms with van der Waals surface area (Å²) in [5.41, 5.74) is 0. The van der Waals surface area contributed by atoms with Gasteiger partial charge in [-0.2, -0.15) is 0 Å². The van der Waals surface area contributed by atoms with Gasteiger partial charge in [0, 0.05) is 6.61 Å². The predicted octanol–water partition coefficient (Wildman–Crippen LogP) is 1.63. The zero-order chi connectivity index (χ0) is 15.5. The van der Waals surface area contributed by atoms with Crippen LogP contribution in [0.1, 0.15) is 58.3 Å². The minimum absolute atomic E-state index is 0.0704. The fraction of sp³-hybridized carbons (Fsp3) is 1.00. The molecule has 1 saturated heterocycles. The van der Waals surface area contributed by atoms with Crippen LogP contribution < -0.4 is 0 Å². The van der Waals surface area contributed by atoms with Crippen molar-refractivity contribution >= 4 is 0 Å². The van der Waals surface area contributed by atoms with Crippen molar-refractivity contribution in [3.63, 3.8) is 0 Å². The third-order valence-corrected chi connectivity index (χ3v) is 4.00. The number of hydrogen-bond acceptors (Lipinski definition) is 5. The molecule has 1 aliphatic heterocycles. The third-order valence-electron chi connectivity index (χ3n) is 4.00. The Morgan fingerprint density at radius 1 is 1.05 bits per heavy atom. The number of unbranched alkanes of at least 4 members (excludes halogenated alkanes) is 7. The van der Waals surface area contributed by atoms with Gasteiger partial charge < -0.3 is 24.8 Å². The molecule has 3 N–H and O–H groups in total. The Kier molecular flexibility index (Phi) is 10.2. The van der Waals surface area contributed by atoms with Gasteiger partial charge in [0.2, 0.25) is 0 Å². The molecular formula is C16H32O5. The summed E-state index contributed by atoms with van der Waals surface area (Å²) in [7, 11) is 0. The van der Waals surface area contributed by atoms with E-state index in [0.717, 1.165) is 12.8 Å². The van der Waals surface area contributed by atoms with E-state index in [-0.39, 0.29) is 13.2 Å². The van der Waals surface area contributed by atoms with E-state index in [1.165, 1.54) is 38.5 Å². The smallest absolute Gasteiger partial charge is 0.114 e. The van der Waals surface area contributed by atoms with Crippen molar-refractivity contribution in [2.24, 2.45) is 0 Å². The van der Waals surface area contributed by atoms with Gasteiger partial charge >= 0.3 is 0 Å². The Hall–Kier alpha value is -0.200. The molecule has 1 aliphatic rings. The molecule has 0 aliphatic carbocycles. The van der Waals surface area contributed by atoms with Gasteiger partial charge in [0.1, 0.15) is 24.4 Å². The molecule has 0 radical (unpaired) electrons. The van der Waals surface area contributed by atoms with Gasteiger partial charge in [-0.05, 0) is 6.42 Å². The fourth-order valence-electron chi connectivity index (χ4n) is 2.60. The van der Waals surface area contributed by atoms with Gasteiger partial charge in [-0.3, -0.25) is 0 Å². The lowest BCUT2D eigenvalue weighted by atomic mass is 10.1. The number of hydrogen-bond donors (Lipinski definition) is 3. The average Bonchev–Trinajstić information content (AvgIpc) is 2.81. The first-order valence-electron chi connectivity index (χ1n) is 8.40. The van der Waals surface area contributed by atoms with Crippen LogP contribution in [0.3, 0.4) is 0 Å². The normalized spacial score (nSPS) is 27.1. The summed E-state index contributed by atoms with van der Waals surface area (Å²) >= 11 is 0. The molecule has 4 atom stereocenters. The van der Waals surface area contributed by atoms with Gasteiger partial charge in [0.25, 0.3) is 0 Å². The van der Waals surface area contributed by atoms with Gasteiger partial charge in [0.05, 0.1) is 13.2 Å². The Morgan fingerprint density at radius 3 is 2.24 bits per heavy atom. The van der Waals surface area contributed by atoms with Crippen LogP contribution in [-0.2, 0) is 9.47 Å². The SMILES string of the molecule is CCCCCCCCCCOC[C@@H](O)[C@H]1OC[C@H](O)[C@H]1O. The van der Waals surface area contributed by atoms with Gasteiger partial charge in [-0.1, -0.05) is 51.9 Å². The molecule has 1 heterocycles. The van der Waals surface area contributed by atoms with Crippen LogP contribution in [0, 0.1) is 0 Å². The lowest BCUT2D eigenvalue weighted by Gasteiger charge is -2.20. The van der Waals surface area contributed by atoms with Crippen LogP contribution in [-0.4, -0.2) is 59.6 Å². The number of ether oxygens (including phenoxy) is 2. The molecule has 0 aromatic rings. The maximum atomic E-state index is 9.84. The molecule has 0 bridgehead atoms. The number of aliphatic hydroxyl groups excluding tert-OH is 3. The molecule has 5 nitrogen and oxygen atoms in total. The van der Waals surface area contributed by atoms with Crippen molar-refractivity contribution in [2.75, 3.05) is 19.8 Å². The predicted molar refractivity (Wildman–Crippen MR) is 81.2 cm³/mol. The molecule has 1 fully saturated rings. The first-order chi connectivity index (χ1) is 10.2. The topological polar surface area (TPSA) is 79.2 Å². The Balaban J connectivity index is 1.90. The minimum Gasteiger partial charge on any atom is -0.388 e. The monoisotopic (exact) mass is 304 g/mol. The van der Waals surface area contributed by atoms with Crippen molar-refractivity contribution in [1.29, 1.82) is 0 Å². The lowest BCUT2D eigenvalue weighted by Crippen LogP contribution is -2.40. The highest BCUT2D eigenvalue weighted by atomic mass is 16.5. The van der Waals surface area contributed by atoms with Crippen molar-refractivity contribution in [2.45, 2.75) is 82.7 Å². The summed E-state index contributed by atoms with van der Waals surface area (Å²) in [6.45, 7) is 3.06. The first-order valence-corrected chi connectivity index (χ1v) is 8.40. The zero-order valence-electron chi connectivity index (χ0n) is 13.2. The highest BCUT2D eigenvalue weighted by Crippen LogP contribution is 2.18. The first kappa shape index (κ1) is 18.8. The second-order valence-corrected chi connectivity index (χ2v) is 5.97. The van der Waals surface area contributed by atoms with Crippen molar-refractivity contribution in [3.05, 3.63) is 0 Å². The maximum Gasteiger partial charge on any atom is 0.114 e. The van der Waals surface area contributed by atoms with E-state index in [2.05, 4.69) is 6.92 Å². The summed E-state index contributed by atoms with van der Waals surface area (Å²) in [4.78, 5) is 0. The molecule has 0 saturated carbocycles. The van der Waals surface area contributed by atoms with E-state index in [9.17, 15) is 15.3 Å². The molecule has 0 spiro atoms. The summed E-state index contributed by atoms with van der Waals surface area (Å²) < 4.78 is 10.6. The maximum absolute atomic E-state index is 9.84. The van der Waals surface area contributed by atoms with E-state index in [1.807, 2.05) is 0 Å². The van der Waals surface area contributed by atoms with Crippen molar-refractivity contribution in [3.8, 4) is 0 Å². The van der Waals surface area contributed by atoms with Crippen LogP contribution >= 0.6 is 0 Å². The fourth-order valence-corrected chi connectivity index (χ4v) is 2.60. The molecule has 0 amide bonds. The van der Waals surface area contributed by atoms with Crippen LogP contribution in [0.15, 0.2) is 0 Å². The molecule has 0 aromatic heterocycles. The second-order valence-electron chi connectivity index (χ2n) is 5.97. The third kappa shape index (κ3) is 7.56. The molecule has 21 heavy (non-hydrogen) atoms. The van der Waals surface area contributed by atoms with Crippen molar-refractivity contribution in [1.82, 2.24) is 0 Å². The summed E-state index contributed by atoms with van der Waals surface area (Å²) in [5, 5.41) is 28.8. The largest absolute Gasteiger partial charge is 0.388 e. The Morgan fingerprint density at radius 2 is 1.67 bits per heavy atom. The quantitative estimate of drug-likeness (QED) is 0.478. The zero-order valence-corrected chi connectivity index (χ0v) is 13.2. The van der Waals surface area contributed by atoms with E-state index >= 15 is 0 Å². The highest BCUT2D eigenvalue weighted by molar-refractivity contribution is 4.87. The van der Waals surface area contributed by atoms with Gasteiger partial charge in [0.15, 0.2) is 0 Å². The van der Waals surface area contributed by atoms with Crippen LogP contribution in [0.4, 0.5) is 0 Å². The standard InChI is InChI=1S/C16H32O5/c1-2-3-4-5-6-7-8-9-10-20-11-14(18)16-15(19)13(17)12-21-16/h13-19H,2-12H2,1H3/t13-,14+,15+,16+/m0/s1. The van der Waals surface area contributed by atoms with Crippen LogP contribution in [0.5, 0.6) is 0 Å². The second kappa shape index (κ2) is 11.4. The molecule has 0 aromatic carbocycles. The van der Waals surface area contributed by atoms with E-state index < -0.39 is 24.4 Å². The molecule has 126 valence electrons. The number of aliphatic hydroxyl groups is 3. The summed E-state index contributed by atoms with van der Waals surface area (Å²) in [6.07, 6.45) is 6.43. The molecule has 5 heteroatoms.